The number of fused-ring (bicyclic) bond motifs is 1. The molecule has 0 spiro atoms. The Morgan fingerprint density at radius 2 is 1.95 bits per heavy atom. The Hall–Kier alpha value is -1.65. The van der Waals surface area contributed by atoms with Crippen LogP contribution >= 0.6 is 0 Å². The molecule has 0 aliphatic rings. The summed E-state index contributed by atoms with van der Waals surface area (Å²) in [5.74, 6) is 0.457. The van der Waals surface area contributed by atoms with Crippen LogP contribution in [0.5, 0.6) is 0 Å². The van der Waals surface area contributed by atoms with Gasteiger partial charge in [-0.2, -0.15) is 0 Å². The summed E-state index contributed by atoms with van der Waals surface area (Å²) in [5.41, 5.74) is 7.47. The fourth-order valence-electron chi connectivity index (χ4n) is 2.65. The fraction of sp³-hybridized carbons (Fsp3) is 0.667. The standard InChI is InChI=1S/C15H25N5/c1-4-6-7-8-9-15(3,5-2)20-11-19-12-13(16)17-10-18-14(12)20/h10-11H,4-9H2,1-3H3,(H2,16,17,18). The Bertz CT molecular complexity index is 562. The largest absolute Gasteiger partial charge is 0.382 e. The van der Waals surface area contributed by atoms with Crippen LogP contribution in [0.2, 0.25) is 0 Å². The summed E-state index contributed by atoms with van der Waals surface area (Å²) < 4.78 is 2.17. The molecule has 5 nitrogen and oxygen atoms in total. The molecule has 2 rings (SSSR count). The highest BCUT2D eigenvalue weighted by atomic mass is 15.2. The van der Waals surface area contributed by atoms with Crippen molar-refractivity contribution in [3.8, 4) is 0 Å². The van der Waals surface area contributed by atoms with E-state index in [1.54, 1.807) is 0 Å². The number of hydrogen-bond acceptors (Lipinski definition) is 4. The molecule has 5 heteroatoms. The topological polar surface area (TPSA) is 69.6 Å². The number of unbranched alkanes of at least 4 members (excludes halogenated alkanes) is 3. The van der Waals surface area contributed by atoms with Gasteiger partial charge in [-0.05, 0) is 19.8 Å². The van der Waals surface area contributed by atoms with Crippen LogP contribution in [0.4, 0.5) is 5.82 Å². The number of nitrogens with zero attached hydrogens (tertiary/aromatic N) is 4. The van der Waals surface area contributed by atoms with E-state index in [1.165, 1.54) is 32.0 Å². The Labute approximate surface area is 120 Å². The van der Waals surface area contributed by atoms with Crippen molar-refractivity contribution in [3.05, 3.63) is 12.7 Å². The summed E-state index contributed by atoms with van der Waals surface area (Å²) in [7, 11) is 0. The Balaban J connectivity index is 2.26. The third kappa shape index (κ3) is 2.76. The van der Waals surface area contributed by atoms with Crippen LogP contribution in [0, 0.1) is 0 Å². The van der Waals surface area contributed by atoms with Crippen LogP contribution in [0.25, 0.3) is 11.2 Å². The molecule has 0 aromatic carbocycles. The van der Waals surface area contributed by atoms with E-state index in [0.717, 1.165) is 18.5 Å². The average Bonchev–Trinajstić information content (AvgIpc) is 2.89. The molecule has 110 valence electrons. The molecule has 0 aliphatic heterocycles. The minimum atomic E-state index is 0.0449. The molecule has 2 heterocycles. The van der Waals surface area contributed by atoms with Crippen molar-refractivity contribution >= 4 is 17.0 Å². The van der Waals surface area contributed by atoms with Crippen molar-refractivity contribution in [2.75, 3.05) is 5.73 Å². The van der Waals surface area contributed by atoms with Gasteiger partial charge in [0.15, 0.2) is 11.5 Å². The van der Waals surface area contributed by atoms with E-state index in [1.807, 2.05) is 6.33 Å². The van der Waals surface area contributed by atoms with Crippen LogP contribution in [0.3, 0.4) is 0 Å². The molecule has 0 saturated heterocycles. The van der Waals surface area contributed by atoms with Crippen molar-refractivity contribution in [1.29, 1.82) is 0 Å². The molecule has 0 saturated carbocycles. The summed E-state index contributed by atoms with van der Waals surface area (Å²) in [6, 6.07) is 0. The molecule has 2 N–H and O–H groups in total. The molecule has 0 fully saturated rings. The predicted molar refractivity (Wildman–Crippen MR) is 82.4 cm³/mol. The minimum Gasteiger partial charge on any atom is -0.382 e. The lowest BCUT2D eigenvalue weighted by Crippen LogP contribution is -2.29. The Morgan fingerprint density at radius 3 is 2.65 bits per heavy atom. The zero-order valence-electron chi connectivity index (χ0n) is 12.8. The van der Waals surface area contributed by atoms with Crippen molar-refractivity contribution in [2.45, 2.75) is 64.8 Å². The predicted octanol–water partition coefficient (Wildman–Crippen LogP) is 3.50. The second-order valence-corrected chi connectivity index (χ2v) is 5.71. The van der Waals surface area contributed by atoms with Gasteiger partial charge in [0.05, 0.1) is 6.33 Å². The maximum Gasteiger partial charge on any atom is 0.165 e. The van der Waals surface area contributed by atoms with E-state index in [0.29, 0.717) is 11.3 Å². The van der Waals surface area contributed by atoms with E-state index in [4.69, 9.17) is 5.73 Å². The number of imidazole rings is 1. The Morgan fingerprint density at radius 1 is 1.15 bits per heavy atom. The second kappa shape index (κ2) is 6.20. The molecule has 1 unspecified atom stereocenters. The van der Waals surface area contributed by atoms with E-state index < -0.39 is 0 Å². The molecule has 20 heavy (non-hydrogen) atoms. The first-order valence-corrected chi connectivity index (χ1v) is 7.56. The summed E-state index contributed by atoms with van der Waals surface area (Å²) in [5, 5.41) is 0. The Kier molecular flexibility index (Phi) is 4.57. The first kappa shape index (κ1) is 14.8. The highest BCUT2D eigenvalue weighted by Gasteiger charge is 2.26. The summed E-state index contributed by atoms with van der Waals surface area (Å²) >= 11 is 0. The lowest BCUT2D eigenvalue weighted by Gasteiger charge is -2.30. The second-order valence-electron chi connectivity index (χ2n) is 5.71. The average molecular weight is 275 g/mol. The van der Waals surface area contributed by atoms with Crippen molar-refractivity contribution in [3.63, 3.8) is 0 Å². The molecular weight excluding hydrogens is 250 g/mol. The minimum absolute atomic E-state index is 0.0449. The first-order valence-electron chi connectivity index (χ1n) is 7.56. The first-order chi connectivity index (χ1) is 9.62. The van der Waals surface area contributed by atoms with Crippen LogP contribution < -0.4 is 5.73 Å². The van der Waals surface area contributed by atoms with Crippen molar-refractivity contribution in [2.24, 2.45) is 0 Å². The maximum atomic E-state index is 5.87. The van der Waals surface area contributed by atoms with Gasteiger partial charge in [-0.1, -0.05) is 39.5 Å². The highest BCUT2D eigenvalue weighted by Crippen LogP contribution is 2.31. The zero-order chi connectivity index (χ0) is 14.6. The van der Waals surface area contributed by atoms with E-state index >= 15 is 0 Å². The number of anilines is 1. The molecule has 0 bridgehead atoms. The van der Waals surface area contributed by atoms with Gasteiger partial charge in [-0.3, -0.25) is 0 Å². The summed E-state index contributed by atoms with van der Waals surface area (Å²) in [4.78, 5) is 12.8. The van der Waals surface area contributed by atoms with Gasteiger partial charge >= 0.3 is 0 Å². The molecule has 0 radical (unpaired) electrons. The lowest BCUT2D eigenvalue weighted by atomic mass is 9.91. The zero-order valence-corrected chi connectivity index (χ0v) is 12.8. The van der Waals surface area contributed by atoms with E-state index in [2.05, 4.69) is 40.3 Å². The third-order valence-electron chi connectivity index (χ3n) is 4.27. The third-order valence-corrected chi connectivity index (χ3v) is 4.27. The number of hydrogen-bond donors (Lipinski definition) is 1. The SMILES string of the molecule is CCCCCCC(C)(CC)n1cnc2c(N)ncnc21. The molecular formula is C15H25N5. The number of nitrogens with two attached hydrogens (primary N) is 1. The van der Waals surface area contributed by atoms with Crippen molar-refractivity contribution in [1.82, 2.24) is 19.5 Å². The van der Waals surface area contributed by atoms with E-state index in [9.17, 15) is 0 Å². The fourth-order valence-corrected chi connectivity index (χ4v) is 2.65. The molecule has 2 aromatic rings. The summed E-state index contributed by atoms with van der Waals surface area (Å²) in [6.07, 6.45) is 10.7. The van der Waals surface area contributed by atoms with Crippen LogP contribution in [-0.4, -0.2) is 19.5 Å². The maximum absolute atomic E-state index is 5.87. The van der Waals surface area contributed by atoms with Gasteiger partial charge < -0.3 is 10.3 Å². The van der Waals surface area contributed by atoms with Crippen LogP contribution in [0.1, 0.15) is 59.3 Å². The van der Waals surface area contributed by atoms with Gasteiger partial charge in [-0.15, -0.1) is 0 Å². The molecule has 0 amide bonds. The number of rotatable bonds is 7. The quantitative estimate of drug-likeness (QED) is 0.785. The van der Waals surface area contributed by atoms with E-state index in [-0.39, 0.29) is 5.54 Å². The monoisotopic (exact) mass is 275 g/mol. The lowest BCUT2D eigenvalue weighted by molar-refractivity contribution is 0.277. The van der Waals surface area contributed by atoms with Crippen LogP contribution in [0.15, 0.2) is 12.7 Å². The van der Waals surface area contributed by atoms with Crippen LogP contribution in [-0.2, 0) is 5.54 Å². The molecule has 2 aromatic heterocycles. The summed E-state index contributed by atoms with van der Waals surface area (Å²) in [6.45, 7) is 6.73. The van der Waals surface area contributed by atoms with Gasteiger partial charge in [0.2, 0.25) is 0 Å². The van der Waals surface area contributed by atoms with Gasteiger partial charge in [0.25, 0.3) is 0 Å². The van der Waals surface area contributed by atoms with Gasteiger partial charge in [-0.25, -0.2) is 15.0 Å². The smallest absolute Gasteiger partial charge is 0.165 e. The molecule has 1 atom stereocenters. The normalized spacial score (nSPS) is 14.6. The number of aromatic nitrogens is 4. The number of nitrogen functional groups attached to an aromatic ring is 1. The van der Waals surface area contributed by atoms with Crippen molar-refractivity contribution < 1.29 is 0 Å². The van der Waals surface area contributed by atoms with Gasteiger partial charge in [0.1, 0.15) is 11.8 Å². The van der Waals surface area contributed by atoms with Gasteiger partial charge in [0, 0.05) is 5.54 Å². The highest BCUT2D eigenvalue weighted by molar-refractivity contribution is 5.81. The molecule has 0 aliphatic carbocycles.